The average Bonchev–Trinajstić information content (AvgIpc) is 4.43. The predicted molar refractivity (Wildman–Crippen MR) is 338 cm³/mol. The number of rotatable bonds is 8. The van der Waals surface area contributed by atoms with Gasteiger partial charge in [0.25, 0.3) is 0 Å². The second-order valence-electron chi connectivity index (χ2n) is 20.6. The minimum Gasteiger partial charge on any atom is -0.456 e. The average molecular weight is 1060 g/mol. The monoisotopic (exact) mass is 1060 g/mol. The van der Waals surface area contributed by atoms with Crippen LogP contribution in [-0.4, -0.2) is 9.97 Å². The summed E-state index contributed by atoms with van der Waals surface area (Å²) in [6.07, 6.45) is 0. The van der Waals surface area contributed by atoms with E-state index in [2.05, 4.69) is 252 Å². The van der Waals surface area contributed by atoms with Crippen LogP contribution in [-0.2, 0) is 0 Å². The van der Waals surface area contributed by atoms with Crippen LogP contribution in [0.15, 0.2) is 264 Å². The number of furan rings is 2. The van der Waals surface area contributed by atoms with Crippen LogP contribution in [0.5, 0.6) is 0 Å². The number of nitrogens with zero attached hydrogens (tertiary/aromatic N) is 4. The molecule has 13 aromatic carbocycles. The second-order valence-corrected chi connectivity index (χ2v) is 22.7. The van der Waals surface area contributed by atoms with E-state index in [1.165, 1.54) is 52.5 Å². The zero-order valence-corrected chi connectivity index (χ0v) is 44.3. The topological polar surface area (TPSA) is 58.5 Å². The number of fused-ring (bicyclic) bond motifs is 12. The highest BCUT2D eigenvalue weighted by atomic mass is 32.1. The molecule has 0 spiro atoms. The van der Waals surface area contributed by atoms with Gasteiger partial charge in [-0.15, -0.1) is 22.7 Å². The molecule has 17 aromatic rings. The van der Waals surface area contributed by atoms with Gasteiger partial charge in [-0.1, -0.05) is 84.9 Å². The number of hydrogen-bond acceptors (Lipinski definition) is 8. The van der Waals surface area contributed by atoms with Crippen molar-refractivity contribution in [1.29, 1.82) is 0 Å². The molecule has 17 rings (SSSR count). The molecule has 0 aliphatic carbocycles. The molecule has 0 bridgehead atoms. The Balaban J connectivity index is 0.757. The van der Waals surface area contributed by atoms with Crippen molar-refractivity contribution in [1.82, 2.24) is 9.97 Å². The molecule has 0 radical (unpaired) electrons. The summed E-state index contributed by atoms with van der Waals surface area (Å²) in [5.41, 5.74) is 13.6. The Morgan fingerprint density at radius 2 is 0.600 bits per heavy atom. The molecule has 0 saturated heterocycles. The van der Waals surface area contributed by atoms with Gasteiger partial charge in [0.15, 0.2) is 0 Å². The molecule has 80 heavy (non-hydrogen) atoms. The van der Waals surface area contributed by atoms with Gasteiger partial charge < -0.3 is 18.6 Å². The molecule has 8 heteroatoms. The van der Waals surface area contributed by atoms with Gasteiger partial charge in [-0.3, -0.25) is 0 Å². The van der Waals surface area contributed by atoms with E-state index in [4.69, 9.17) is 18.8 Å². The predicted octanol–water partition coefficient (Wildman–Crippen LogP) is 21.6. The number of aromatic nitrogens is 2. The van der Waals surface area contributed by atoms with E-state index in [0.29, 0.717) is 0 Å². The summed E-state index contributed by atoms with van der Waals surface area (Å²) < 4.78 is 16.1. The van der Waals surface area contributed by atoms with Crippen LogP contribution in [0, 0.1) is 0 Å². The Labute approximate surface area is 465 Å². The zero-order valence-electron chi connectivity index (χ0n) is 42.7. The van der Waals surface area contributed by atoms with Crippen LogP contribution >= 0.6 is 22.7 Å². The fourth-order valence-electron chi connectivity index (χ4n) is 11.8. The summed E-state index contributed by atoms with van der Waals surface area (Å²) in [5.74, 6) is 0. The molecule has 374 valence electrons. The molecule has 0 saturated carbocycles. The van der Waals surface area contributed by atoms with Gasteiger partial charge in [0.1, 0.15) is 32.3 Å². The first-order valence-electron chi connectivity index (χ1n) is 26.7. The number of anilines is 6. The van der Waals surface area contributed by atoms with Gasteiger partial charge >= 0.3 is 0 Å². The maximum absolute atomic E-state index is 6.88. The minimum atomic E-state index is 0.799. The smallest absolute Gasteiger partial charge is 0.137 e. The first-order chi connectivity index (χ1) is 39.5. The normalized spacial score (nSPS) is 12.0. The second kappa shape index (κ2) is 17.7. The Morgan fingerprint density at radius 1 is 0.263 bits per heavy atom. The van der Waals surface area contributed by atoms with Crippen LogP contribution in [0.4, 0.5) is 34.1 Å². The first kappa shape index (κ1) is 45.0. The molecule has 0 N–H and O–H groups in total. The van der Waals surface area contributed by atoms with Crippen molar-refractivity contribution < 1.29 is 8.83 Å². The van der Waals surface area contributed by atoms with Crippen LogP contribution in [0.25, 0.3) is 129 Å². The fourth-order valence-corrected chi connectivity index (χ4v) is 13.8. The Morgan fingerprint density at radius 3 is 1.02 bits per heavy atom. The van der Waals surface area contributed by atoms with Crippen molar-refractivity contribution >= 4 is 164 Å². The molecule has 0 atom stereocenters. The summed E-state index contributed by atoms with van der Waals surface area (Å²) >= 11 is 3.44. The lowest BCUT2D eigenvalue weighted by molar-refractivity contribution is 0.664. The maximum Gasteiger partial charge on any atom is 0.137 e. The molecule has 4 aromatic heterocycles. The SMILES string of the molecule is c1ccc2cc3cc(N(c4ccc(-c5nc6ccccc6s5)cc4)c4ccc5c(c4)oc4cc6c(cc45)oc4cc(N(c5ccc(-c7nc8ccccc8s7)cc5)c5ccc7cc8ccccc8cc7c5)ccc46)ccc3cc2c1. The highest BCUT2D eigenvalue weighted by Crippen LogP contribution is 2.45. The summed E-state index contributed by atoms with van der Waals surface area (Å²) in [5, 5.41) is 15.7. The Kier molecular flexibility index (Phi) is 9.95. The van der Waals surface area contributed by atoms with Crippen molar-refractivity contribution in [2.45, 2.75) is 0 Å². The number of thiazole rings is 2. The van der Waals surface area contributed by atoms with Crippen molar-refractivity contribution in [3.05, 3.63) is 255 Å². The number of para-hydroxylation sites is 2. The summed E-state index contributed by atoms with van der Waals surface area (Å²) in [7, 11) is 0. The van der Waals surface area contributed by atoms with Crippen molar-refractivity contribution in [2.75, 3.05) is 9.80 Å². The zero-order chi connectivity index (χ0) is 52.4. The highest BCUT2D eigenvalue weighted by Gasteiger charge is 2.21. The lowest BCUT2D eigenvalue weighted by Gasteiger charge is -2.26. The van der Waals surface area contributed by atoms with E-state index in [9.17, 15) is 0 Å². The van der Waals surface area contributed by atoms with Crippen LogP contribution in [0.3, 0.4) is 0 Å². The molecule has 0 aliphatic heterocycles. The van der Waals surface area contributed by atoms with E-state index >= 15 is 0 Å². The van der Waals surface area contributed by atoms with E-state index in [1.54, 1.807) is 22.7 Å². The lowest BCUT2D eigenvalue weighted by Crippen LogP contribution is -2.09. The van der Waals surface area contributed by atoms with Gasteiger partial charge in [0, 0.05) is 78.9 Å². The van der Waals surface area contributed by atoms with Gasteiger partial charge in [-0.05, 0) is 201 Å². The third kappa shape index (κ3) is 7.45. The molecule has 0 amide bonds. The van der Waals surface area contributed by atoms with E-state index in [1.807, 2.05) is 12.1 Å². The van der Waals surface area contributed by atoms with Gasteiger partial charge in [0.05, 0.1) is 20.4 Å². The molecule has 6 nitrogen and oxygen atoms in total. The van der Waals surface area contributed by atoms with E-state index in [-0.39, 0.29) is 0 Å². The molecule has 4 heterocycles. The number of benzene rings is 13. The van der Waals surface area contributed by atoms with Crippen LogP contribution < -0.4 is 9.80 Å². The summed E-state index contributed by atoms with van der Waals surface area (Å²) in [4.78, 5) is 14.6. The van der Waals surface area contributed by atoms with E-state index in [0.717, 1.165) is 110 Å². The van der Waals surface area contributed by atoms with Crippen LogP contribution in [0.1, 0.15) is 0 Å². The van der Waals surface area contributed by atoms with Crippen molar-refractivity contribution in [3.63, 3.8) is 0 Å². The quantitative estimate of drug-likeness (QED) is 0.141. The van der Waals surface area contributed by atoms with Crippen LogP contribution in [0.2, 0.25) is 0 Å². The van der Waals surface area contributed by atoms with Crippen molar-refractivity contribution in [2.24, 2.45) is 0 Å². The van der Waals surface area contributed by atoms with Gasteiger partial charge in [-0.25, -0.2) is 9.97 Å². The van der Waals surface area contributed by atoms with Gasteiger partial charge in [-0.2, -0.15) is 0 Å². The summed E-state index contributed by atoms with van der Waals surface area (Å²) in [6.45, 7) is 0. The standard InChI is InChI=1S/C72H42N4O2S2/c1-3-11-47-35-51-37-55(27-21-49(51)33-45(47)9-1)75(53-23-17-43(18-24-53)71-73-63-13-5-7-15-69(63)79-71)57-29-31-59-61-41-68-62(42-67(61)77-65(59)39-57)60-32-30-58(40-66(60)78-68)76(56-28-22-50-34-46-10-2-4-12-48(46)36-52(50)38-56)54-25-19-44(20-26-54)72-74-64-14-6-8-16-70(64)80-72/h1-42H. The highest BCUT2D eigenvalue weighted by molar-refractivity contribution is 7.22. The third-order valence-corrected chi connectivity index (χ3v) is 17.9. The first-order valence-corrected chi connectivity index (χ1v) is 28.4. The summed E-state index contributed by atoms with van der Waals surface area (Å²) in [6, 6.07) is 91.3. The largest absolute Gasteiger partial charge is 0.456 e. The Bertz CT molecular complexity index is 4940. The molecule has 0 unspecified atom stereocenters. The number of hydrogen-bond donors (Lipinski definition) is 0. The Hall–Kier alpha value is -10.1. The molecular weight excluding hydrogens is 1020 g/mol. The fraction of sp³-hybridized carbons (Fsp3) is 0. The van der Waals surface area contributed by atoms with E-state index < -0.39 is 0 Å². The lowest BCUT2D eigenvalue weighted by atomic mass is 10.0. The molecular formula is C72H42N4O2S2. The van der Waals surface area contributed by atoms with Crippen molar-refractivity contribution in [3.8, 4) is 21.1 Å². The molecule has 0 fully saturated rings. The third-order valence-electron chi connectivity index (χ3n) is 15.8. The minimum absolute atomic E-state index is 0.799. The van der Waals surface area contributed by atoms with Gasteiger partial charge in [0.2, 0.25) is 0 Å². The maximum atomic E-state index is 6.88. The molecule has 0 aliphatic rings.